The van der Waals surface area contributed by atoms with Gasteiger partial charge in [-0.3, -0.25) is 0 Å². The number of nitrogens with one attached hydrogen (secondary N) is 1. The predicted octanol–water partition coefficient (Wildman–Crippen LogP) is 3.05. The highest BCUT2D eigenvalue weighted by molar-refractivity contribution is 7.89. The zero-order valence-corrected chi connectivity index (χ0v) is 16.8. The molecule has 0 aliphatic carbocycles. The van der Waals surface area contributed by atoms with E-state index in [1.807, 2.05) is 22.9 Å². The molecule has 1 N–H and O–H groups in total. The molecule has 0 fully saturated rings. The van der Waals surface area contributed by atoms with Crippen molar-refractivity contribution in [2.45, 2.75) is 11.3 Å². The third-order valence-electron chi connectivity index (χ3n) is 3.92. The number of aromatic nitrogens is 3. The van der Waals surface area contributed by atoms with Gasteiger partial charge in [0.15, 0.2) is 5.82 Å². The van der Waals surface area contributed by atoms with E-state index in [0.29, 0.717) is 18.0 Å². The van der Waals surface area contributed by atoms with E-state index in [1.165, 1.54) is 24.5 Å². The first kappa shape index (κ1) is 18.1. The lowest BCUT2D eigenvalue weighted by Crippen LogP contribution is -2.26. The van der Waals surface area contributed by atoms with Gasteiger partial charge in [0.2, 0.25) is 15.0 Å². The molecule has 7 nitrogen and oxygen atoms in total. The molecule has 3 heterocycles. The second-order valence-corrected chi connectivity index (χ2v) is 9.15. The highest BCUT2D eigenvalue weighted by Crippen LogP contribution is 2.25. The summed E-state index contributed by atoms with van der Waals surface area (Å²) < 4.78 is 34.6. The summed E-state index contributed by atoms with van der Waals surface area (Å²) in [5.74, 6) is 1.01. The number of fused-ring (bicyclic) bond motifs is 1. The molecule has 3 aromatic heterocycles. The van der Waals surface area contributed by atoms with Crippen LogP contribution in [0.5, 0.6) is 5.75 Å². The van der Waals surface area contributed by atoms with E-state index in [1.54, 1.807) is 34.1 Å². The molecule has 0 saturated heterocycles. The van der Waals surface area contributed by atoms with Crippen LogP contribution in [0.1, 0.15) is 5.69 Å². The molecular formula is C17H16N4O3S3. The minimum absolute atomic E-state index is 0.128. The minimum Gasteiger partial charge on any atom is -0.495 e. The van der Waals surface area contributed by atoms with Crippen molar-refractivity contribution in [2.24, 2.45) is 0 Å². The fraction of sp³-hybridized carbons (Fsp3) is 0.176. The van der Waals surface area contributed by atoms with Crippen molar-refractivity contribution in [3.63, 3.8) is 0 Å². The van der Waals surface area contributed by atoms with E-state index in [9.17, 15) is 8.42 Å². The van der Waals surface area contributed by atoms with Gasteiger partial charge in [0, 0.05) is 18.3 Å². The molecule has 0 unspecified atom stereocenters. The van der Waals surface area contributed by atoms with Gasteiger partial charge in [-0.25, -0.2) is 17.7 Å². The molecule has 0 aliphatic heterocycles. The molecular weight excluding hydrogens is 404 g/mol. The number of hydrogen-bond donors (Lipinski definition) is 1. The number of sulfonamides is 1. The van der Waals surface area contributed by atoms with Crippen LogP contribution in [0.2, 0.25) is 0 Å². The topological polar surface area (TPSA) is 85.6 Å². The molecule has 0 spiro atoms. The number of nitrogens with zero attached hydrogens (tertiary/aromatic N) is 3. The van der Waals surface area contributed by atoms with Crippen LogP contribution in [0, 0.1) is 0 Å². The average molecular weight is 421 g/mol. The molecule has 0 amide bonds. The number of thiophene rings is 1. The van der Waals surface area contributed by atoms with E-state index in [2.05, 4.69) is 14.8 Å². The fourth-order valence-electron chi connectivity index (χ4n) is 2.64. The van der Waals surface area contributed by atoms with Crippen LogP contribution < -0.4 is 9.46 Å². The van der Waals surface area contributed by atoms with Gasteiger partial charge >= 0.3 is 0 Å². The van der Waals surface area contributed by atoms with Gasteiger partial charge in [0.05, 0.1) is 17.7 Å². The number of hydrogen-bond acceptors (Lipinski definition) is 7. The molecule has 0 bridgehead atoms. The summed E-state index contributed by atoms with van der Waals surface area (Å²) in [5, 5.41) is 8.48. The summed E-state index contributed by atoms with van der Waals surface area (Å²) in [5.41, 5.74) is 0.910. The molecule has 0 saturated carbocycles. The molecule has 1 aromatic carbocycles. The van der Waals surface area contributed by atoms with E-state index in [0.717, 1.165) is 15.5 Å². The standard InChI is InChI=1S/C17H16N4O3S3/c1-24-13-5-2-3-7-15(13)27(22,23)18-9-8-12-11-26-17-19-16(20-21(12)17)14-6-4-10-25-14/h2-7,10-11,18H,8-9H2,1H3. The highest BCUT2D eigenvalue weighted by atomic mass is 32.2. The van der Waals surface area contributed by atoms with Crippen molar-refractivity contribution in [1.82, 2.24) is 19.3 Å². The van der Waals surface area contributed by atoms with Crippen LogP contribution in [0.25, 0.3) is 15.7 Å². The summed E-state index contributed by atoms with van der Waals surface area (Å²) in [6, 6.07) is 10.5. The maximum atomic E-state index is 12.5. The Morgan fingerprint density at radius 2 is 2.04 bits per heavy atom. The van der Waals surface area contributed by atoms with Crippen LogP contribution in [0.4, 0.5) is 0 Å². The number of para-hydroxylation sites is 1. The van der Waals surface area contributed by atoms with E-state index < -0.39 is 10.0 Å². The van der Waals surface area contributed by atoms with Crippen LogP contribution >= 0.6 is 22.7 Å². The Bertz CT molecular complexity index is 1160. The summed E-state index contributed by atoms with van der Waals surface area (Å²) in [6.45, 7) is 0.250. The lowest BCUT2D eigenvalue weighted by atomic mass is 10.3. The zero-order valence-electron chi connectivity index (χ0n) is 14.3. The first-order valence-electron chi connectivity index (χ1n) is 8.08. The first-order chi connectivity index (χ1) is 13.1. The van der Waals surface area contributed by atoms with Gasteiger partial charge in [-0.15, -0.1) is 27.8 Å². The van der Waals surface area contributed by atoms with Crippen molar-refractivity contribution in [2.75, 3.05) is 13.7 Å². The minimum atomic E-state index is -3.66. The average Bonchev–Trinajstić information content (AvgIpc) is 3.39. The summed E-state index contributed by atoms with van der Waals surface area (Å²) in [4.78, 5) is 6.46. The zero-order chi connectivity index (χ0) is 18.9. The van der Waals surface area contributed by atoms with Crippen molar-refractivity contribution in [3.8, 4) is 16.5 Å². The first-order valence-corrected chi connectivity index (χ1v) is 11.3. The van der Waals surface area contributed by atoms with Crippen LogP contribution in [-0.4, -0.2) is 36.7 Å². The maximum absolute atomic E-state index is 12.5. The molecule has 4 rings (SSSR count). The SMILES string of the molecule is COc1ccccc1S(=O)(=O)NCCc1csc2nc(-c3cccs3)nn12. The number of rotatable bonds is 7. The summed E-state index contributed by atoms with van der Waals surface area (Å²) >= 11 is 3.07. The van der Waals surface area contributed by atoms with Crippen molar-refractivity contribution < 1.29 is 13.2 Å². The number of ether oxygens (including phenoxy) is 1. The van der Waals surface area contributed by atoms with Crippen LogP contribution in [0.3, 0.4) is 0 Å². The molecule has 4 aromatic rings. The van der Waals surface area contributed by atoms with Gasteiger partial charge in [0.1, 0.15) is 10.6 Å². The molecule has 27 heavy (non-hydrogen) atoms. The Hall–Kier alpha value is -2.27. The second-order valence-electron chi connectivity index (χ2n) is 5.63. The molecule has 140 valence electrons. The number of methoxy groups -OCH3 is 1. The van der Waals surface area contributed by atoms with Crippen LogP contribution in [0.15, 0.2) is 52.1 Å². The fourth-order valence-corrected chi connectivity index (χ4v) is 5.35. The number of thiazole rings is 1. The Balaban J connectivity index is 1.49. The largest absolute Gasteiger partial charge is 0.495 e. The molecule has 10 heteroatoms. The molecule has 0 aliphatic rings. The van der Waals surface area contributed by atoms with Crippen molar-refractivity contribution in [1.29, 1.82) is 0 Å². The lowest BCUT2D eigenvalue weighted by molar-refractivity contribution is 0.402. The Morgan fingerprint density at radius 3 is 2.81 bits per heavy atom. The second kappa shape index (κ2) is 7.39. The van der Waals surface area contributed by atoms with Gasteiger partial charge < -0.3 is 4.74 Å². The third-order valence-corrected chi connectivity index (χ3v) is 7.15. The summed E-state index contributed by atoms with van der Waals surface area (Å²) in [6.07, 6.45) is 0.502. The van der Waals surface area contributed by atoms with Crippen LogP contribution in [-0.2, 0) is 16.4 Å². The molecule has 0 radical (unpaired) electrons. The normalized spacial score (nSPS) is 11.9. The maximum Gasteiger partial charge on any atom is 0.244 e. The monoisotopic (exact) mass is 420 g/mol. The summed E-state index contributed by atoms with van der Waals surface area (Å²) in [7, 11) is -2.20. The lowest BCUT2D eigenvalue weighted by Gasteiger charge is -2.10. The quantitative estimate of drug-likeness (QED) is 0.497. The van der Waals surface area contributed by atoms with Crippen molar-refractivity contribution in [3.05, 3.63) is 52.9 Å². The predicted molar refractivity (Wildman–Crippen MR) is 106 cm³/mol. The smallest absolute Gasteiger partial charge is 0.244 e. The van der Waals surface area contributed by atoms with Gasteiger partial charge in [0.25, 0.3) is 0 Å². The number of benzene rings is 1. The van der Waals surface area contributed by atoms with Gasteiger partial charge in [-0.1, -0.05) is 18.2 Å². The van der Waals surface area contributed by atoms with Crippen molar-refractivity contribution >= 4 is 37.7 Å². The van der Waals surface area contributed by atoms with Gasteiger partial charge in [-0.05, 0) is 23.6 Å². The Labute approximate surface area is 164 Å². The van der Waals surface area contributed by atoms with E-state index >= 15 is 0 Å². The van der Waals surface area contributed by atoms with E-state index in [4.69, 9.17) is 4.74 Å². The Kier molecular flexibility index (Phi) is 4.96. The van der Waals surface area contributed by atoms with Gasteiger partial charge in [-0.2, -0.15) is 4.98 Å². The van der Waals surface area contributed by atoms with E-state index in [-0.39, 0.29) is 11.4 Å². The highest BCUT2D eigenvalue weighted by Gasteiger charge is 2.19. The molecule has 0 atom stereocenters. The third kappa shape index (κ3) is 3.61. The Morgan fingerprint density at radius 1 is 1.19 bits per heavy atom.